The first kappa shape index (κ1) is 13.7. The molecule has 7 nitrogen and oxygen atoms in total. The van der Waals surface area contributed by atoms with E-state index in [4.69, 9.17) is 4.74 Å². The molecule has 1 amide bonds. The van der Waals surface area contributed by atoms with Gasteiger partial charge >= 0.3 is 6.09 Å². The molecule has 7 heteroatoms. The topological polar surface area (TPSA) is 92.9 Å². The van der Waals surface area contributed by atoms with Crippen LogP contribution in [0.1, 0.15) is 20.8 Å². The van der Waals surface area contributed by atoms with Gasteiger partial charge in [0.25, 0.3) is 0 Å². The Morgan fingerprint density at radius 3 is 2.47 bits per heavy atom. The van der Waals surface area contributed by atoms with Crippen LogP contribution in [-0.2, 0) is 4.74 Å². The minimum Gasteiger partial charge on any atom is -0.449 e. The first-order valence-electron chi connectivity index (χ1n) is 5.54. The molecule has 0 aromatic heterocycles. The van der Waals surface area contributed by atoms with Gasteiger partial charge in [-0.2, -0.15) is 0 Å². The number of nitro groups is 1. The van der Waals surface area contributed by atoms with Crippen molar-refractivity contribution >= 4 is 6.09 Å². The Morgan fingerprint density at radius 2 is 2.06 bits per heavy atom. The van der Waals surface area contributed by atoms with E-state index in [1.807, 2.05) is 13.8 Å². The molecule has 1 fully saturated rings. The Kier molecular flexibility index (Phi) is 3.92. The van der Waals surface area contributed by atoms with E-state index >= 15 is 0 Å². The van der Waals surface area contributed by atoms with Crippen LogP contribution in [0.4, 0.5) is 4.79 Å². The molecule has 1 aliphatic rings. The van der Waals surface area contributed by atoms with E-state index in [2.05, 4.69) is 0 Å². The Labute approximate surface area is 99.5 Å². The first-order chi connectivity index (χ1) is 7.76. The Balaban J connectivity index is 2.40. The number of aliphatic hydroxyl groups is 1. The molecule has 0 radical (unpaired) electrons. The van der Waals surface area contributed by atoms with E-state index in [0.717, 1.165) is 0 Å². The molecule has 0 aromatic carbocycles. The molecule has 98 valence electrons. The number of carbonyl (C=O) groups excluding carboxylic acids is 1. The monoisotopic (exact) mass is 246 g/mol. The number of ether oxygens (including phenoxy) is 1. The summed E-state index contributed by atoms with van der Waals surface area (Å²) in [6, 6.07) is -1.09. The molecule has 0 aromatic rings. The van der Waals surface area contributed by atoms with Gasteiger partial charge < -0.3 is 14.7 Å². The SMILES string of the molecule is CC(C)COC(=O)N1CC(O)(C(C)[N+](=O)[O-])C1. The van der Waals surface area contributed by atoms with E-state index in [-0.39, 0.29) is 19.0 Å². The molecule has 1 saturated heterocycles. The van der Waals surface area contributed by atoms with Crippen molar-refractivity contribution in [3.05, 3.63) is 10.1 Å². The van der Waals surface area contributed by atoms with Gasteiger partial charge in [-0.05, 0) is 5.92 Å². The molecule has 0 saturated carbocycles. The average Bonchev–Trinajstić information content (AvgIpc) is 2.20. The van der Waals surface area contributed by atoms with Gasteiger partial charge in [0.1, 0.15) is 0 Å². The Hall–Kier alpha value is -1.37. The zero-order valence-corrected chi connectivity index (χ0v) is 10.3. The van der Waals surface area contributed by atoms with Gasteiger partial charge in [0.2, 0.25) is 6.04 Å². The van der Waals surface area contributed by atoms with Crippen molar-refractivity contribution in [1.29, 1.82) is 0 Å². The van der Waals surface area contributed by atoms with Crippen LogP contribution >= 0.6 is 0 Å². The number of rotatable bonds is 4. The number of β-amino-alcohol motifs (C(OH)–C–C–N with tert-alkyl or cyclic N) is 1. The summed E-state index contributed by atoms with van der Waals surface area (Å²) in [5, 5.41) is 20.4. The van der Waals surface area contributed by atoms with Crippen molar-refractivity contribution in [1.82, 2.24) is 4.90 Å². The molecular weight excluding hydrogens is 228 g/mol. The first-order valence-corrected chi connectivity index (χ1v) is 5.54. The normalized spacial score (nSPS) is 19.7. The van der Waals surface area contributed by atoms with Gasteiger partial charge in [0.05, 0.1) is 19.7 Å². The van der Waals surface area contributed by atoms with Crippen molar-refractivity contribution in [3.63, 3.8) is 0 Å². The van der Waals surface area contributed by atoms with Crippen LogP contribution in [0.2, 0.25) is 0 Å². The van der Waals surface area contributed by atoms with Gasteiger partial charge in [0.15, 0.2) is 5.60 Å². The summed E-state index contributed by atoms with van der Waals surface area (Å²) in [7, 11) is 0. The number of hydrogen-bond acceptors (Lipinski definition) is 5. The van der Waals surface area contributed by atoms with Crippen LogP contribution < -0.4 is 0 Å². The highest BCUT2D eigenvalue weighted by Gasteiger charge is 2.53. The highest BCUT2D eigenvalue weighted by molar-refractivity contribution is 5.69. The van der Waals surface area contributed by atoms with Gasteiger partial charge in [-0.15, -0.1) is 0 Å². The molecule has 1 rings (SSSR count). The number of likely N-dealkylation sites (tertiary alicyclic amines) is 1. The molecule has 1 unspecified atom stereocenters. The van der Waals surface area contributed by atoms with E-state index in [1.54, 1.807) is 0 Å². The molecule has 0 spiro atoms. The van der Waals surface area contributed by atoms with Crippen LogP contribution in [0.25, 0.3) is 0 Å². The molecule has 0 aliphatic carbocycles. The van der Waals surface area contributed by atoms with Crippen LogP contribution in [0.3, 0.4) is 0 Å². The van der Waals surface area contributed by atoms with Crippen LogP contribution in [-0.4, -0.2) is 52.4 Å². The minimum absolute atomic E-state index is 0.0495. The minimum atomic E-state index is -1.43. The summed E-state index contributed by atoms with van der Waals surface area (Å²) in [6.07, 6.45) is -0.529. The van der Waals surface area contributed by atoms with E-state index < -0.39 is 22.7 Å². The third-order valence-electron chi connectivity index (χ3n) is 2.82. The summed E-state index contributed by atoms with van der Waals surface area (Å²) in [4.78, 5) is 22.7. The fourth-order valence-electron chi connectivity index (χ4n) is 1.53. The second-order valence-electron chi connectivity index (χ2n) is 4.89. The van der Waals surface area contributed by atoms with Crippen molar-refractivity contribution in [3.8, 4) is 0 Å². The maximum absolute atomic E-state index is 11.4. The molecule has 1 aliphatic heterocycles. The van der Waals surface area contributed by atoms with Gasteiger partial charge in [0, 0.05) is 11.8 Å². The molecular formula is C10H18N2O5. The Bertz CT molecular complexity index is 312. The molecule has 1 heterocycles. The lowest BCUT2D eigenvalue weighted by Gasteiger charge is -2.45. The second-order valence-corrected chi connectivity index (χ2v) is 4.89. The maximum atomic E-state index is 11.4. The molecule has 1 N–H and O–H groups in total. The number of nitrogens with zero attached hydrogens (tertiary/aromatic N) is 2. The zero-order valence-electron chi connectivity index (χ0n) is 10.3. The van der Waals surface area contributed by atoms with Gasteiger partial charge in [-0.25, -0.2) is 4.79 Å². The quantitative estimate of drug-likeness (QED) is 0.575. The van der Waals surface area contributed by atoms with Crippen LogP contribution in [0, 0.1) is 16.0 Å². The van der Waals surface area contributed by atoms with Gasteiger partial charge in [-0.1, -0.05) is 13.8 Å². The fraction of sp³-hybridized carbons (Fsp3) is 0.900. The second kappa shape index (κ2) is 4.87. The number of carbonyl (C=O) groups is 1. The van der Waals surface area contributed by atoms with E-state index in [0.29, 0.717) is 6.61 Å². The third-order valence-corrected chi connectivity index (χ3v) is 2.82. The van der Waals surface area contributed by atoms with Crippen molar-refractivity contribution < 1.29 is 19.6 Å². The number of amides is 1. The average molecular weight is 246 g/mol. The van der Waals surface area contributed by atoms with E-state index in [9.17, 15) is 20.0 Å². The van der Waals surface area contributed by atoms with E-state index in [1.165, 1.54) is 11.8 Å². The molecule has 0 bridgehead atoms. The predicted molar refractivity (Wildman–Crippen MR) is 59.2 cm³/mol. The predicted octanol–water partition coefficient (Wildman–Crippen LogP) is 0.491. The highest BCUT2D eigenvalue weighted by Crippen LogP contribution is 2.26. The van der Waals surface area contributed by atoms with Crippen LogP contribution in [0.5, 0.6) is 0 Å². The summed E-state index contributed by atoms with van der Waals surface area (Å²) in [5.74, 6) is 0.233. The standard InChI is InChI=1S/C10H18N2O5/c1-7(2)4-17-9(13)11-5-10(14,6-11)8(3)12(15)16/h7-8,14H,4-6H2,1-3H3. The third kappa shape index (κ3) is 3.06. The Morgan fingerprint density at radius 1 is 1.53 bits per heavy atom. The van der Waals surface area contributed by atoms with Crippen molar-refractivity contribution in [2.75, 3.05) is 19.7 Å². The lowest BCUT2D eigenvalue weighted by Crippen LogP contribution is -2.69. The highest BCUT2D eigenvalue weighted by atomic mass is 16.6. The lowest BCUT2D eigenvalue weighted by atomic mass is 9.88. The summed E-state index contributed by atoms with van der Waals surface area (Å²) >= 11 is 0. The fourth-order valence-corrected chi connectivity index (χ4v) is 1.53. The van der Waals surface area contributed by atoms with Crippen LogP contribution in [0.15, 0.2) is 0 Å². The molecule has 17 heavy (non-hydrogen) atoms. The largest absolute Gasteiger partial charge is 0.449 e. The van der Waals surface area contributed by atoms with Gasteiger partial charge in [-0.3, -0.25) is 10.1 Å². The summed E-state index contributed by atoms with van der Waals surface area (Å²) in [5.41, 5.74) is -1.43. The molecule has 1 atom stereocenters. The van der Waals surface area contributed by atoms with Crippen molar-refractivity contribution in [2.24, 2.45) is 5.92 Å². The zero-order chi connectivity index (χ0) is 13.2. The summed E-state index contributed by atoms with van der Waals surface area (Å²) in [6.45, 7) is 5.36. The number of hydrogen-bond donors (Lipinski definition) is 1. The maximum Gasteiger partial charge on any atom is 0.409 e. The lowest BCUT2D eigenvalue weighted by molar-refractivity contribution is -0.546. The van der Waals surface area contributed by atoms with Crippen molar-refractivity contribution in [2.45, 2.75) is 32.4 Å². The summed E-state index contributed by atoms with van der Waals surface area (Å²) < 4.78 is 4.95. The smallest absolute Gasteiger partial charge is 0.409 e.